The number of aromatic nitrogens is 1. The van der Waals surface area contributed by atoms with Gasteiger partial charge in [0.05, 0.1) is 11.7 Å². The highest BCUT2D eigenvalue weighted by molar-refractivity contribution is 5.30. The molecule has 5 rings (SSSR count). The molecule has 35 heavy (non-hydrogen) atoms. The number of rotatable bonds is 8. The quantitative estimate of drug-likeness (QED) is 0.491. The number of nitrogens with zero attached hydrogens (tertiary/aromatic N) is 2. The van der Waals surface area contributed by atoms with Crippen LogP contribution in [-0.4, -0.2) is 41.6 Å². The Morgan fingerprint density at radius 2 is 1.83 bits per heavy atom. The van der Waals surface area contributed by atoms with E-state index in [4.69, 9.17) is 4.98 Å². The molecule has 2 aliphatic carbocycles. The Kier molecular flexibility index (Phi) is 8.01. The Labute approximate surface area is 212 Å². The molecule has 188 valence electrons. The number of aryl methyl sites for hydroxylation is 1. The summed E-state index contributed by atoms with van der Waals surface area (Å²) in [6, 6.07) is 14.9. The largest absolute Gasteiger partial charge is 0.311 e. The minimum absolute atomic E-state index is 0.414. The van der Waals surface area contributed by atoms with Gasteiger partial charge in [-0.2, -0.15) is 0 Å². The third-order valence-electron chi connectivity index (χ3n) is 8.60. The molecule has 0 radical (unpaired) electrons. The molecule has 1 aromatic heterocycles. The van der Waals surface area contributed by atoms with Crippen LogP contribution in [-0.2, 0) is 19.4 Å². The molecule has 4 heteroatoms. The second kappa shape index (κ2) is 11.4. The van der Waals surface area contributed by atoms with Crippen molar-refractivity contribution in [3.8, 4) is 0 Å². The molecule has 1 fully saturated rings. The Morgan fingerprint density at radius 1 is 1.03 bits per heavy atom. The van der Waals surface area contributed by atoms with Gasteiger partial charge in [0.15, 0.2) is 0 Å². The monoisotopic (exact) mass is 472 g/mol. The van der Waals surface area contributed by atoms with Gasteiger partial charge in [0.2, 0.25) is 0 Å². The zero-order chi connectivity index (χ0) is 24.1. The van der Waals surface area contributed by atoms with Crippen LogP contribution in [0, 0.1) is 5.41 Å². The van der Waals surface area contributed by atoms with Crippen LogP contribution in [0.4, 0.5) is 0 Å². The predicted octanol–water partition coefficient (Wildman–Crippen LogP) is 5.59. The first-order chi connectivity index (χ1) is 17.1. The Bertz CT molecular complexity index is 987. The van der Waals surface area contributed by atoms with Crippen LogP contribution in [0.2, 0.25) is 0 Å². The van der Waals surface area contributed by atoms with Crippen molar-refractivity contribution in [2.75, 3.05) is 19.6 Å². The van der Waals surface area contributed by atoms with Gasteiger partial charge in [-0.25, -0.2) is 0 Å². The van der Waals surface area contributed by atoms with Crippen molar-refractivity contribution in [1.29, 1.82) is 0 Å². The molecule has 2 unspecified atom stereocenters. The van der Waals surface area contributed by atoms with Crippen LogP contribution in [0.15, 0.2) is 54.7 Å². The molecule has 3 aliphatic rings. The van der Waals surface area contributed by atoms with Crippen LogP contribution in [0.3, 0.4) is 0 Å². The molecule has 1 saturated carbocycles. The second-order valence-corrected chi connectivity index (χ2v) is 11.8. The second-order valence-electron chi connectivity index (χ2n) is 11.8. The summed E-state index contributed by atoms with van der Waals surface area (Å²) in [6.45, 7) is 8.83. The first-order valence-electron chi connectivity index (χ1n) is 13.9. The van der Waals surface area contributed by atoms with Gasteiger partial charge in [-0.1, -0.05) is 56.3 Å². The van der Waals surface area contributed by atoms with Crippen LogP contribution < -0.4 is 10.6 Å². The number of fused-ring (bicyclic) bond motifs is 2. The molecule has 0 bridgehead atoms. The van der Waals surface area contributed by atoms with E-state index in [0.717, 1.165) is 32.6 Å². The molecule has 0 saturated heterocycles. The highest BCUT2D eigenvalue weighted by Gasteiger charge is 2.29. The fourth-order valence-corrected chi connectivity index (χ4v) is 6.33. The summed E-state index contributed by atoms with van der Waals surface area (Å²) in [4.78, 5) is 7.56. The SMILES string of the molecule is CC1(C)CCC(NC/C=C/CN(CC2Cc3ccccc3CN2)C2CCCc3cccnc32)CC1. The van der Waals surface area contributed by atoms with Crippen molar-refractivity contribution in [2.45, 2.75) is 89.9 Å². The fourth-order valence-electron chi connectivity index (χ4n) is 6.33. The molecule has 2 N–H and O–H groups in total. The smallest absolute Gasteiger partial charge is 0.0607 e. The third-order valence-corrected chi connectivity index (χ3v) is 8.60. The Hall–Kier alpha value is -2.01. The first-order valence-corrected chi connectivity index (χ1v) is 13.9. The highest BCUT2D eigenvalue weighted by Crippen LogP contribution is 2.35. The van der Waals surface area contributed by atoms with Gasteiger partial charge < -0.3 is 10.6 Å². The lowest BCUT2D eigenvalue weighted by Crippen LogP contribution is -2.46. The van der Waals surface area contributed by atoms with Crippen LogP contribution in [0.25, 0.3) is 0 Å². The average molecular weight is 473 g/mol. The van der Waals surface area contributed by atoms with Gasteiger partial charge in [-0.05, 0) is 79.5 Å². The van der Waals surface area contributed by atoms with Gasteiger partial charge in [-0.3, -0.25) is 9.88 Å². The van der Waals surface area contributed by atoms with Crippen molar-refractivity contribution in [3.63, 3.8) is 0 Å². The molecule has 0 spiro atoms. The molecular weight excluding hydrogens is 428 g/mol. The molecular formula is C31H44N4. The van der Waals surface area contributed by atoms with Gasteiger partial charge in [0, 0.05) is 44.5 Å². The summed E-state index contributed by atoms with van der Waals surface area (Å²) in [5.41, 5.74) is 6.26. The van der Waals surface area contributed by atoms with E-state index in [9.17, 15) is 0 Å². The Balaban J connectivity index is 1.22. The van der Waals surface area contributed by atoms with Crippen LogP contribution in [0.5, 0.6) is 0 Å². The van der Waals surface area contributed by atoms with E-state index in [1.165, 1.54) is 67.3 Å². The fraction of sp³-hybridized carbons (Fsp3) is 0.581. The minimum Gasteiger partial charge on any atom is -0.311 e. The normalized spacial score (nSPS) is 24.4. The molecule has 2 aromatic rings. The van der Waals surface area contributed by atoms with Gasteiger partial charge in [0.25, 0.3) is 0 Å². The number of benzene rings is 1. The lowest BCUT2D eigenvalue weighted by Gasteiger charge is -2.38. The summed E-state index contributed by atoms with van der Waals surface area (Å²) in [6.07, 6.45) is 16.8. The molecule has 4 nitrogen and oxygen atoms in total. The summed E-state index contributed by atoms with van der Waals surface area (Å²) < 4.78 is 0. The minimum atomic E-state index is 0.414. The van der Waals surface area contributed by atoms with Crippen molar-refractivity contribution >= 4 is 0 Å². The number of pyridine rings is 1. The van der Waals surface area contributed by atoms with E-state index in [1.54, 1.807) is 0 Å². The highest BCUT2D eigenvalue weighted by atomic mass is 15.2. The molecule has 2 heterocycles. The Morgan fingerprint density at radius 3 is 2.69 bits per heavy atom. The predicted molar refractivity (Wildman–Crippen MR) is 145 cm³/mol. The molecule has 1 aromatic carbocycles. The van der Waals surface area contributed by atoms with E-state index in [2.05, 4.69) is 77.9 Å². The average Bonchev–Trinajstić information content (AvgIpc) is 2.88. The summed E-state index contributed by atoms with van der Waals surface area (Å²) in [5, 5.41) is 7.61. The maximum Gasteiger partial charge on any atom is 0.0607 e. The zero-order valence-electron chi connectivity index (χ0n) is 21.8. The van der Waals surface area contributed by atoms with E-state index in [-0.39, 0.29) is 0 Å². The standard InChI is InChI=1S/C31H44N4/c1-31(2)16-14-27(15-17-31)32-18-5-6-20-35(29-13-7-11-24-12-8-19-33-30(24)29)23-28-21-25-9-3-4-10-26(25)22-34-28/h3-6,8-10,12,19,27-29,32,34H,7,11,13-18,20-23H2,1-2H3/b6-5+. The lowest BCUT2D eigenvalue weighted by atomic mass is 9.75. The van der Waals surface area contributed by atoms with E-state index in [1.807, 2.05) is 6.20 Å². The van der Waals surface area contributed by atoms with Gasteiger partial charge >= 0.3 is 0 Å². The first kappa shape index (κ1) is 24.7. The topological polar surface area (TPSA) is 40.2 Å². The molecule has 1 aliphatic heterocycles. The maximum atomic E-state index is 4.87. The van der Waals surface area contributed by atoms with Gasteiger partial charge in [-0.15, -0.1) is 0 Å². The van der Waals surface area contributed by atoms with Crippen molar-refractivity contribution < 1.29 is 0 Å². The molecule has 2 atom stereocenters. The summed E-state index contributed by atoms with van der Waals surface area (Å²) in [5.74, 6) is 0. The number of nitrogens with one attached hydrogen (secondary N) is 2. The van der Waals surface area contributed by atoms with Crippen molar-refractivity contribution in [2.24, 2.45) is 5.41 Å². The van der Waals surface area contributed by atoms with Crippen LogP contribution in [0.1, 0.15) is 80.8 Å². The van der Waals surface area contributed by atoms with Gasteiger partial charge in [0.1, 0.15) is 0 Å². The van der Waals surface area contributed by atoms with E-state index in [0.29, 0.717) is 23.5 Å². The van der Waals surface area contributed by atoms with E-state index >= 15 is 0 Å². The zero-order valence-corrected chi connectivity index (χ0v) is 21.8. The molecule has 0 amide bonds. The summed E-state index contributed by atoms with van der Waals surface area (Å²) >= 11 is 0. The summed E-state index contributed by atoms with van der Waals surface area (Å²) in [7, 11) is 0. The maximum absolute atomic E-state index is 4.87. The van der Waals surface area contributed by atoms with E-state index < -0.39 is 0 Å². The number of hydrogen-bond acceptors (Lipinski definition) is 4. The van der Waals surface area contributed by atoms with Crippen molar-refractivity contribution in [3.05, 3.63) is 77.1 Å². The third kappa shape index (κ3) is 6.41. The van der Waals surface area contributed by atoms with Crippen molar-refractivity contribution in [1.82, 2.24) is 20.5 Å². The number of hydrogen-bond donors (Lipinski definition) is 2. The van der Waals surface area contributed by atoms with Crippen LogP contribution >= 0.6 is 0 Å². The lowest BCUT2D eigenvalue weighted by molar-refractivity contribution is 0.170.